The van der Waals surface area contributed by atoms with Crippen molar-refractivity contribution in [3.05, 3.63) is 12.3 Å². The lowest BCUT2D eigenvalue weighted by molar-refractivity contribution is 0.108. The molecule has 8 heavy (non-hydrogen) atoms. The van der Waals surface area contributed by atoms with Crippen molar-refractivity contribution in [2.45, 2.75) is 18.9 Å². The van der Waals surface area contributed by atoms with Gasteiger partial charge in [-0.15, -0.1) is 0 Å². The van der Waals surface area contributed by atoms with Crippen molar-refractivity contribution in [3.8, 4) is 0 Å². The van der Waals surface area contributed by atoms with E-state index < -0.39 is 5.60 Å². The largest absolute Gasteiger partial charge is 0.386 e. The molecule has 0 aliphatic carbocycles. The molecule has 0 aromatic carbocycles. The second-order valence-corrected chi connectivity index (χ2v) is 2.43. The highest BCUT2D eigenvalue weighted by molar-refractivity contribution is 5.13. The average Bonchev–Trinajstić information content (AvgIpc) is 1.86. The Kier molecular flexibility index (Phi) is 1.05. The van der Waals surface area contributed by atoms with Crippen LogP contribution in [0.15, 0.2) is 12.3 Å². The van der Waals surface area contributed by atoms with E-state index in [1.807, 2.05) is 0 Å². The highest BCUT2D eigenvalue weighted by Gasteiger charge is 2.28. The summed E-state index contributed by atoms with van der Waals surface area (Å²) in [5.74, 6) is 0. The Bertz CT molecular complexity index is 118. The summed E-state index contributed by atoms with van der Waals surface area (Å²) in [6.07, 6.45) is 0.784. The van der Waals surface area contributed by atoms with Crippen LogP contribution in [0.4, 0.5) is 0 Å². The topological polar surface area (TPSA) is 32.3 Å². The Labute approximate surface area is 49.2 Å². The van der Waals surface area contributed by atoms with Gasteiger partial charge in [0.15, 0.2) is 0 Å². The van der Waals surface area contributed by atoms with Crippen molar-refractivity contribution < 1.29 is 5.11 Å². The maximum atomic E-state index is 9.30. The Morgan fingerprint density at radius 3 is 2.62 bits per heavy atom. The predicted octanol–water partition coefficient (Wildman–Crippen LogP) is 0.244. The first-order valence-corrected chi connectivity index (χ1v) is 2.78. The van der Waals surface area contributed by atoms with Crippen LogP contribution >= 0.6 is 0 Å². The average molecular weight is 113 g/mol. The third kappa shape index (κ3) is 0.713. The van der Waals surface area contributed by atoms with Gasteiger partial charge in [0.05, 0.1) is 0 Å². The Hall–Kier alpha value is -0.500. The van der Waals surface area contributed by atoms with Gasteiger partial charge in [0, 0.05) is 12.2 Å². The molecule has 46 valence electrons. The Morgan fingerprint density at radius 1 is 1.88 bits per heavy atom. The summed E-state index contributed by atoms with van der Waals surface area (Å²) in [7, 11) is 0. The van der Waals surface area contributed by atoms with Crippen molar-refractivity contribution in [2.75, 3.05) is 6.54 Å². The molecule has 2 heteroatoms. The van der Waals surface area contributed by atoms with Crippen LogP contribution in [0.5, 0.6) is 0 Å². The van der Waals surface area contributed by atoms with Crippen molar-refractivity contribution in [2.24, 2.45) is 0 Å². The number of rotatable bonds is 0. The van der Waals surface area contributed by atoms with Crippen LogP contribution in [0.25, 0.3) is 0 Å². The van der Waals surface area contributed by atoms with E-state index in [1.54, 1.807) is 6.92 Å². The lowest BCUT2D eigenvalue weighted by atomic mass is 10.0. The van der Waals surface area contributed by atoms with E-state index in [-0.39, 0.29) is 0 Å². The van der Waals surface area contributed by atoms with E-state index in [0.29, 0.717) is 0 Å². The van der Waals surface area contributed by atoms with E-state index in [2.05, 4.69) is 11.9 Å². The van der Waals surface area contributed by atoms with Gasteiger partial charge in [-0.05, 0) is 13.3 Å². The third-order valence-corrected chi connectivity index (χ3v) is 1.60. The van der Waals surface area contributed by atoms with Crippen molar-refractivity contribution >= 4 is 0 Å². The quantitative estimate of drug-likeness (QED) is 0.472. The minimum Gasteiger partial charge on any atom is -0.386 e. The minimum absolute atomic E-state index is 0.653. The molecule has 0 saturated carbocycles. The molecule has 2 N–H and O–H groups in total. The van der Waals surface area contributed by atoms with Gasteiger partial charge in [-0.3, -0.25) is 0 Å². The molecule has 1 aliphatic rings. The maximum absolute atomic E-state index is 9.30. The van der Waals surface area contributed by atoms with Crippen LogP contribution in [0, 0.1) is 0 Å². The van der Waals surface area contributed by atoms with Gasteiger partial charge in [0.2, 0.25) is 0 Å². The van der Waals surface area contributed by atoms with Crippen molar-refractivity contribution in [1.29, 1.82) is 0 Å². The molecule has 0 aromatic rings. The van der Waals surface area contributed by atoms with Crippen LogP contribution in [0.1, 0.15) is 13.3 Å². The third-order valence-electron chi connectivity index (χ3n) is 1.60. The summed E-state index contributed by atoms with van der Waals surface area (Å²) in [4.78, 5) is 0. The van der Waals surface area contributed by atoms with Gasteiger partial charge in [-0.2, -0.15) is 0 Å². The molecule has 0 amide bonds. The Balaban J connectivity index is 2.68. The Morgan fingerprint density at radius 2 is 2.50 bits per heavy atom. The van der Waals surface area contributed by atoms with Crippen molar-refractivity contribution in [1.82, 2.24) is 5.32 Å². The minimum atomic E-state index is -0.653. The molecule has 1 atom stereocenters. The molecule has 1 heterocycles. The number of hydrogen-bond donors (Lipinski definition) is 2. The first kappa shape index (κ1) is 5.63. The van der Waals surface area contributed by atoms with Crippen LogP contribution in [0.3, 0.4) is 0 Å². The molecule has 0 spiro atoms. The summed E-state index contributed by atoms with van der Waals surface area (Å²) >= 11 is 0. The highest BCUT2D eigenvalue weighted by atomic mass is 16.3. The zero-order valence-corrected chi connectivity index (χ0v) is 5.07. The fourth-order valence-electron chi connectivity index (χ4n) is 0.798. The molecular formula is C6H11NO. The number of nitrogens with one attached hydrogen (secondary N) is 1. The van der Waals surface area contributed by atoms with Crippen LogP contribution < -0.4 is 5.32 Å². The smallest absolute Gasteiger partial charge is 0.102 e. The van der Waals surface area contributed by atoms with E-state index in [4.69, 9.17) is 0 Å². The summed E-state index contributed by atoms with van der Waals surface area (Å²) in [5.41, 5.74) is 0.0949. The van der Waals surface area contributed by atoms with E-state index in [9.17, 15) is 5.11 Å². The SMILES string of the molecule is C=C1NCCC1(C)O. The zero-order valence-electron chi connectivity index (χ0n) is 5.07. The van der Waals surface area contributed by atoms with Crippen LogP contribution in [-0.4, -0.2) is 17.3 Å². The number of hydrogen-bond acceptors (Lipinski definition) is 2. The van der Waals surface area contributed by atoms with Crippen LogP contribution in [0.2, 0.25) is 0 Å². The molecule has 0 radical (unpaired) electrons. The fourth-order valence-corrected chi connectivity index (χ4v) is 0.798. The van der Waals surface area contributed by atoms with Crippen LogP contribution in [-0.2, 0) is 0 Å². The fraction of sp³-hybridized carbons (Fsp3) is 0.667. The second kappa shape index (κ2) is 1.49. The van der Waals surface area contributed by atoms with Gasteiger partial charge < -0.3 is 10.4 Å². The lowest BCUT2D eigenvalue weighted by Gasteiger charge is -2.14. The molecule has 1 fully saturated rings. The molecule has 0 aromatic heterocycles. The molecule has 1 aliphatic heterocycles. The number of aliphatic hydroxyl groups is 1. The molecule has 1 rings (SSSR count). The summed E-state index contributed by atoms with van der Waals surface area (Å²) < 4.78 is 0. The monoisotopic (exact) mass is 113 g/mol. The second-order valence-electron chi connectivity index (χ2n) is 2.43. The van der Waals surface area contributed by atoms with E-state index in [0.717, 1.165) is 18.7 Å². The lowest BCUT2D eigenvalue weighted by Crippen LogP contribution is -2.23. The standard InChI is InChI=1S/C6H11NO/c1-5-6(2,8)3-4-7-5/h7-8H,1,3-4H2,2H3. The first-order chi connectivity index (χ1) is 3.63. The summed E-state index contributed by atoms with van der Waals surface area (Å²) in [5, 5.41) is 12.3. The summed E-state index contributed by atoms with van der Waals surface area (Å²) in [6, 6.07) is 0. The van der Waals surface area contributed by atoms with Gasteiger partial charge in [0.25, 0.3) is 0 Å². The summed E-state index contributed by atoms with van der Waals surface area (Å²) in [6.45, 7) is 6.27. The van der Waals surface area contributed by atoms with Gasteiger partial charge >= 0.3 is 0 Å². The van der Waals surface area contributed by atoms with Gasteiger partial charge in [-0.1, -0.05) is 6.58 Å². The van der Waals surface area contributed by atoms with Crippen molar-refractivity contribution in [3.63, 3.8) is 0 Å². The zero-order chi connectivity index (χ0) is 6.20. The van der Waals surface area contributed by atoms with Gasteiger partial charge in [0.1, 0.15) is 5.60 Å². The van der Waals surface area contributed by atoms with E-state index >= 15 is 0 Å². The molecule has 1 unspecified atom stereocenters. The molecule has 2 nitrogen and oxygen atoms in total. The highest BCUT2D eigenvalue weighted by Crippen LogP contribution is 2.21. The van der Waals surface area contributed by atoms with Gasteiger partial charge in [-0.25, -0.2) is 0 Å². The first-order valence-electron chi connectivity index (χ1n) is 2.78. The maximum Gasteiger partial charge on any atom is 0.102 e. The predicted molar refractivity (Wildman–Crippen MR) is 32.4 cm³/mol. The molecule has 0 bridgehead atoms. The molecule has 1 saturated heterocycles. The van der Waals surface area contributed by atoms with E-state index in [1.165, 1.54) is 0 Å². The normalized spacial score (nSPS) is 37.5. The molecular weight excluding hydrogens is 102 g/mol.